The Kier molecular flexibility index (Phi) is 4.27. The van der Waals surface area contributed by atoms with Crippen molar-refractivity contribution in [1.82, 2.24) is 15.3 Å². The highest BCUT2D eigenvalue weighted by molar-refractivity contribution is 9.10. The first-order valence-corrected chi connectivity index (χ1v) is 6.78. The van der Waals surface area contributed by atoms with Crippen molar-refractivity contribution in [3.63, 3.8) is 0 Å². The highest BCUT2D eigenvalue weighted by Gasteiger charge is 2.11. The molecule has 2 aromatic rings. The maximum atomic E-state index is 13.2. The number of aryl methyl sites for hydroxylation is 1. The molecule has 0 saturated carbocycles. The average molecular weight is 324 g/mol. The van der Waals surface area contributed by atoms with Crippen LogP contribution in [0, 0.1) is 12.7 Å². The number of halogens is 2. The molecule has 2 rings (SSSR count). The van der Waals surface area contributed by atoms with E-state index < -0.39 is 0 Å². The molecule has 5 heteroatoms. The van der Waals surface area contributed by atoms with Crippen LogP contribution in [0.2, 0.25) is 0 Å². The molecule has 1 unspecified atom stereocenters. The molecule has 0 bridgehead atoms. The molecule has 0 fully saturated rings. The van der Waals surface area contributed by atoms with E-state index in [1.165, 1.54) is 6.07 Å². The van der Waals surface area contributed by atoms with Gasteiger partial charge in [0.1, 0.15) is 5.82 Å². The number of hydrogen-bond donors (Lipinski definition) is 1. The standard InChI is InChI=1S/C14H15BrFN3/c1-8(17-3)11-7-18-14(19-9(11)2)10-4-5-13(16)12(15)6-10/h4-8,17H,1-3H3. The van der Waals surface area contributed by atoms with Gasteiger partial charge in [0.2, 0.25) is 0 Å². The highest BCUT2D eigenvalue weighted by atomic mass is 79.9. The van der Waals surface area contributed by atoms with E-state index >= 15 is 0 Å². The van der Waals surface area contributed by atoms with Crippen LogP contribution >= 0.6 is 15.9 Å². The van der Waals surface area contributed by atoms with Gasteiger partial charge in [-0.05, 0) is 55.0 Å². The lowest BCUT2D eigenvalue weighted by Crippen LogP contribution is -2.14. The molecule has 100 valence electrons. The van der Waals surface area contributed by atoms with Crippen molar-refractivity contribution >= 4 is 15.9 Å². The predicted molar refractivity (Wildman–Crippen MR) is 77.3 cm³/mol. The van der Waals surface area contributed by atoms with Crippen molar-refractivity contribution in [3.05, 3.63) is 45.9 Å². The van der Waals surface area contributed by atoms with Crippen LogP contribution in [0.5, 0.6) is 0 Å². The third kappa shape index (κ3) is 2.98. The summed E-state index contributed by atoms with van der Waals surface area (Å²) in [5.74, 6) is 0.311. The third-order valence-corrected chi connectivity index (χ3v) is 3.70. The molecule has 19 heavy (non-hydrogen) atoms. The van der Waals surface area contributed by atoms with Gasteiger partial charge < -0.3 is 5.32 Å². The molecular weight excluding hydrogens is 309 g/mol. The van der Waals surface area contributed by atoms with Crippen LogP contribution in [-0.4, -0.2) is 17.0 Å². The van der Waals surface area contributed by atoms with E-state index in [1.54, 1.807) is 12.1 Å². The zero-order chi connectivity index (χ0) is 14.0. The number of hydrogen-bond acceptors (Lipinski definition) is 3. The maximum absolute atomic E-state index is 13.2. The van der Waals surface area contributed by atoms with Crippen molar-refractivity contribution < 1.29 is 4.39 Å². The van der Waals surface area contributed by atoms with Gasteiger partial charge in [0.05, 0.1) is 4.47 Å². The van der Waals surface area contributed by atoms with E-state index in [1.807, 2.05) is 20.2 Å². The van der Waals surface area contributed by atoms with Gasteiger partial charge in [0, 0.05) is 29.1 Å². The van der Waals surface area contributed by atoms with E-state index in [0.29, 0.717) is 10.3 Å². The van der Waals surface area contributed by atoms with Crippen LogP contribution in [0.25, 0.3) is 11.4 Å². The fourth-order valence-corrected chi connectivity index (χ4v) is 2.21. The Morgan fingerprint density at radius 1 is 1.37 bits per heavy atom. The fourth-order valence-electron chi connectivity index (χ4n) is 1.83. The second-order valence-electron chi connectivity index (χ2n) is 4.37. The molecule has 0 aliphatic heterocycles. The highest BCUT2D eigenvalue weighted by Crippen LogP contribution is 2.24. The van der Waals surface area contributed by atoms with Crippen LogP contribution in [0.15, 0.2) is 28.9 Å². The first-order chi connectivity index (χ1) is 9.02. The lowest BCUT2D eigenvalue weighted by Gasteiger charge is -2.13. The first-order valence-electron chi connectivity index (χ1n) is 5.99. The van der Waals surface area contributed by atoms with Gasteiger partial charge in [-0.25, -0.2) is 14.4 Å². The summed E-state index contributed by atoms with van der Waals surface area (Å²) in [6, 6.07) is 4.97. The Balaban J connectivity index is 2.41. The smallest absolute Gasteiger partial charge is 0.159 e. The normalized spacial score (nSPS) is 12.5. The summed E-state index contributed by atoms with van der Waals surface area (Å²) in [5, 5.41) is 3.16. The Bertz CT molecular complexity index is 601. The summed E-state index contributed by atoms with van der Waals surface area (Å²) < 4.78 is 13.6. The molecule has 1 aromatic carbocycles. The number of benzene rings is 1. The van der Waals surface area contributed by atoms with Crippen molar-refractivity contribution in [2.75, 3.05) is 7.05 Å². The van der Waals surface area contributed by atoms with Gasteiger partial charge in [0.25, 0.3) is 0 Å². The van der Waals surface area contributed by atoms with E-state index in [9.17, 15) is 4.39 Å². The Morgan fingerprint density at radius 2 is 2.11 bits per heavy atom. The second-order valence-corrected chi connectivity index (χ2v) is 5.23. The van der Waals surface area contributed by atoms with Crippen molar-refractivity contribution in [2.24, 2.45) is 0 Å². The van der Waals surface area contributed by atoms with Gasteiger partial charge in [0.15, 0.2) is 5.82 Å². The van der Waals surface area contributed by atoms with Crippen LogP contribution in [0.3, 0.4) is 0 Å². The van der Waals surface area contributed by atoms with Crippen LogP contribution in [-0.2, 0) is 0 Å². The number of nitrogens with zero attached hydrogens (tertiary/aromatic N) is 2. The molecule has 3 nitrogen and oxygen atoms in total. The molecule has 1 atom stereocenters. The quantitative estimate of drug-likeness (QED) is 0.937. The van der Waals surface area contributed by atoms with Gasteiger partial charge in [-0.1, -0.05) is 0 Å². The number of aromatic nitrogens is 2. The largest absolute Gasteiger partial charge is 0.313 e. The summed E-state index contributed by atoms with van der Waals surface area (Å²) in [7, 11) is 1.90. The third-order valence-electron chi connectivity index (χ3n) is 3.09. The van der Waals surface area contributed by atoms with Crippen molar-refractivity contribution in [1.29, 1.82) is 0 Å². The molecule has 1 heterocycles. The van der Waals surface area contributed by atoms with E-state index in [0.717, 1.165) is 16.8 Å². The van der Waals surface area contributed by atoms with Crippen LogP contribution < -0.4 is 5.32 Å². The first kappa shape index (κ1) is 14.1. The predicted octanol–water partition coefficient (Wildman–Crippen LogP) is 3.63. The summed E-state index contributed by atoms with van der Waals surface area (Å²) >= 11 is 3.17. The molecule has 0 spiro atoms. The molecule has 1 N–H and O–H groups in total. The van der Waals surface area contributed by atoms with E-state index in [2.05, 4.69) is 38.1 Å². The molecular formula is C14H15BrFN3. The Labute approximate surface area is 120 Å². The van der Waals surface area contributed by atoms with Crippen LogP contribution in [0.1, 0.15) is 24.2 Å². The summed E-state index contributed by atoms with van der Waals surface area (Å²) in [6.07, 6.45) is 1.82. The van der Waals surface area contributed by atoms with Crippen molar-refractivity contribution in [3.8, 4) is 11.4 Å². The summed E-state index contributed by atoms with van der Waals surface area (Å²) in [6.45, 7) is 4.01. The van der Waals surface area contributed by atoms with Crippen molar-refractivity contribution in [2.45, 2.75) is 19.9 Å². The second kappa shape index (κ2) is 5.75. The monoisotopic (exact) mass is 323 g/mol. The summed E-state index contributed by atoms with van der Waals surface area (Å²) in [4.78, 5) is 8.84. The molecule has 0 radical (unpaired) electrons. The summed E-state index contributed by atoms with van der Waals surface area (Å²) in [5.41, 5.74) is 2.78. The minimum atomic E-state index is -0.291. The molecule has 1 aromatic heterocycles. The Hall–Kier alpha value is -1.33. The van der Waals surface area contributed by atoms with Gasteiger partial charge in [-0.2, -0.15) is 0 Å². The van der Waals surface area contributed by atoms with Gasteiger partial charge >= 0.3 is 0 Å². The molecule has 0 aliphatic rings. The van der Waals surface area contributed by atoms with Gasteiger partial charge in [-0.3, -0.25) is 0 Å². The zero-order valence-corrected chi connectivity index (χ0v) is 12.6. The minimum Gasteiger partial charge on any atom is -0.313 e. The lowest BCUT2D eigenvalue weighted by atomic mass is 10.1. The maximum Gasteiger partial charge on any atom is 0.159 e. The van der Waals surface area contributed by atoms with Crippen LogP contribution in [0.4, 0.5) is 4.39 Å². The Morgan fingerprint density at radius 3 is 2.68 bits per heavy atom. The van der Waals surface area contributed by atoms with E-state index in [4.69, 9.17) is 0 Å². The minimum absolute atomic E-state index is 0.203. The number of rotatable bonds is 3. The zero-order valence-electron chi connectivity index (χ0n) is 11.0. The average Bonchev–Trinajstić information content (AvgIpc) is 2.41. The SMILES string of the molecule is CNC(C)c1cnc(-c2ccc(F)c(Br)c2)nc1C. The lowest BCUT2D eigenvalue weighted by molar-refractivity contribution is 0.621. The molecule has 0 aliphatic carbocycles. The molecule has 0 amide bonds. The topological polar surface area (TPSA) is 37.8 Å². The number of nitrogens with one attached hydrogen (secondary N) is 1. The van der Waals surface area contributed by atoms with E-state index in [-0.39, 0.29) is 11.9 Å². The van der Waals surface area contributed by atoms with Gasteiger partial charge in [-0.15, -0.1) is 0 Å². The molecule has 0 saturated heterocycles. The fraction of sp³-hybridized carbons (Fsp3) is 0.286.